The van der Waals surface area contributed by atoms with Crippen LogP contribution in [-0.2, 0) is 23.3 Å². The van der Waals surface area contributed by atoms with Crippen molar-refractivity contribution in [3.63, 3.8) is 0 Å². The van der Waals surface area contributed by atoms with Crippen molar-refractivity contribution in [2.45, 2.75) is 44.9 Å². The van der Waals surface area contributed by atoms with Gasteiger partial charge in [0.1, 0.15) is 24.3 Å². The maximum Gasteiger partial charge on any atom is 0.266 e. The van der Waals surface area contributed by atoms with Gasteiger partial charge in [-0.25, -0.2) is 9.13 Å². The average Bonchev–Trinajstić information content (AvgIpc) is 3.45. The predicted molar refractivity (Wildman–Crippen MR) is 129 cm³/mol. The second kappa shape index (κ2) is 9.49. The topological polar surface area (TPSA) is 58.7 Å². The van der Waals surface area contributed by atoms with Crippen molar-refractivity contribution < 1.29 is 35.9 Å². The van der Waals surface area contributed by atoms with E-state index >= 15 is 0 Å². The standard InChI is InChI=1S/C27H31N4O3.BrH/c1-19-29(17-24(32)20-9-11-21(34-4)12-10-20)15-16-30(19)18-25(33)31-14-13-27(2)22-7-5-6-8-23(22)28(3)26(27)31;/h5-12,15-16,26H,13-14,17-18H2,1-4H3;1H/q+1;/p-1. The third kappa shape index (κ3) is 4.14. The Morgan fingerprint density at radius 3 is 2.57 bits per heavy atom. The number of para-hydroxylation sites is 1. The summed E-state index contributed by atoms with van der Waals surface area (Å²) in [6.45, 7) is 5.44. The largest absolute Gasteiger partial charge is 1.00 e. The Labute approximate surface area is 216 Å². The summed E-state index contributed by atoms with van der Waals surface area (Å²) in [6, 6.07) is 15.6. The lowest BCUT2D eigenvalue weighted by Crippen LogP contribution is -3.00. The lowest BCUT2D eigenvalue weighted by atomic mass is 9.81. The van der Waals surface area contributed by atoms with E-state index in [2.05, 4.69) is 43.1 Å². The Morgan fingerprint density at radius 1 is 1.14 bits per heavy atom. The van der Waals surface area contributed by atoms with E-state index in [1.165, 1.54) is 11.3 Å². The minimum absolute atomic E-state index is 0. The molecule has 0 aliphatic carbocycles. The lowest BCUT2D eigenvalue weighted by Gasteiger charge is -2.34. The summed E-state index contributed by atoms with van der Waals surface area (Å²) in [4.78, 5) is 30.5. The first-order chi connectivity index (χ1) is 16.3. The summed E-state index contributed by atoms with van der Waals surface area (Å²) in [5.74, 6) is 1.71. The van der Waals surface area contributed by atoms with Gasteiger partial charge in [-0.15, -0.1) is 0 Å². The second-order valence-corrected chi connectivity index (χ2v) is 9.51. The normalized spacial score (nSPS) is 20.3. The van der Waals surface area contributed by atoms with Crippen LogP contribution < -0.4 is 31.2 Å². The fraction of sp³-hybridized carbons (Fsp3) is 0.370. The van der Waals surface area contributed by atoms with Crippen LogP contribution in [0.1, 0.15) is 35.1 Å². The summed E-state index contributed by atoms with van der Waals surface area (Å²) in [5, 5.41) is 0. The van der Waals surface area contributed by atoms with Crippen molar-refractivity contribution in [2.24, 2.45) is 0 Å². The number of Topliss-reactive ketones (excluding diaryl/α,β-unsaturated/α-hetero) is 1. The van der Waals surface area contributed by atoms with Crippen molar-refractivity contribution in [1.29, 1.82) is 0 Å². The molecule has 7 nitrogen and oxygen atoms in total. The fourth-order valence-corrected chi connectivity index (χ4v) is 5.65. The van der Waals surface area contributed by atoms with Crippen molar-refractivity contribution in [2.75, 3.05) is 25.6 Å². The van der Waals surface area contributed by atoms with Gasteiger partial charge in [-0.1, -0.05) is 25.1 Å². The average molecular weight is 539 g/mol. The van der Waals surface area contributed by atoms with Gasteiger partial charge < -0.3 is 31.5 Å². The van der Waals surface area contributed by atoms with Gasteiger partial charge >= 0.3 is 0 Å². The summed E-state index contributed by atoms with van der Waals surface area (Å²) in [5.41, 5.74) is 3.11. The van der Waals surface area contributed by atoms with E-state index in [1.54, 1.807) is 31.4 Å². The number of amides is 1. The smallest absolute Gasteiger partial charge is 0.266 e. The highest BCUT2D eigenvalue weighted by molar-refractivity contribution is 5.95. The van der Waals surface area contributed by atoms with Gasteiger partial charge in [0.15, 0.2) is 13.1 Å². The molecule has 2 aliphatic rings. The molecule has 8 heteroatoms. The van der Waals surface area contributed by atoms with Crippen molar-refractivity contribution >= 4 is 17.4 Å². The summed E-state index contributed by atoms with van der Waals surface area (Å²) >= 11 is 0. The van der Waals surface area contributed by atoms with Crippen LogP contribution in [0.4, 0.5) is 5.69 Å². The molecule has 1 fully saturated rings. The summed E-state index contributed by atoms with van der Waals surface area (Å²) in [6.07, 6.45) is 4.73. The number of likely N-dealkylation sites (N-methyl/N-ethyl adjacent to an activating group) is 1. The van der Waals surface area contributed by atoms with Gasteiger partial charge in [0, 0.05) is 37.2 Å². The number of carbonyl (C=O) groups excluding carboxylic acids is 2. The Morgan fingerprint density at radius 2 is 1.86 bits per heavy atom. The van der Waals surface area contributed by atoms with E-state index in [-0.39, 0.29) is 53.3 Å². The fourth-order valence-electron chi connectivity index (χ4n) is 5.65. The number of nitrogens with zero attached hydrogens (tertiary/aromatic N) is 4. The Kier molecular flexibility index (Phi) is 6.77. The van der Waals surface area contributed by atoms with E-state index in [0.29, 0.717) is 5.56 Å². The number of hydrogen-bond donors (Lipinski definition) is 0. The second-order valence-electron chi connectivity index (χ2n) is 9.51. The molecule has 2 unspecified atom stereocenters. The predicted octanol–water partition coefficient (Wildman–Crippen LogP) is -0.0544. The van der Waals surface area contributed by atoms with Crippen LogP contribution in [0.3, 0.4) is 0 Å². The molecule has 1 saturated heterocycles. The van der Waals surface area contributed by atoms with Gasteiger partial charge in [-0.2, -0.15) is 0 Å². The van der Waals surface area contributed by atoms with Gasteiger partial charge in [0.2, 0.25) is 5.78 Å². The third-order valence-electron chi connectivity index (χ3n) is 7.61. The van der Waals surface area contributed by atoms with Gasteiger partial charge in [0.05, 0.1) is 7.11 Å². The molecule has 0 saturated carbocycles. The zero-order chi connectivity index (χ0) is 24.0. The molecule has 35 heavy (non-hydrogen) atoms. The number of halogens is 1. The third-order valence-corrected chi connectivity index (χ3v) is 7.61. The number of likely N-dealkylation sites (tertiary alicyclic amines) is 1. The minimum Gasteiger partial charge on any atom is -1.00 e. The quantitative estimate of drug-likeness (QED) is 0.326. The highest BCUT2D eigenvalue weighted by Crippen LogP contribution is 2.51. The van der Waals surface area contributed by atoms with Crippen LogP contribution in [0.15, 0.2) is 60.9 Å². The van der Waals surface area contributed by atoms with Gasteiger partial charge in [-0.3, -0.25) is 9.59 Å². The highest BCUT2D eigenvalue weighted by atomic mass is 79.9. The first kappa shape index (κ1) is 25.0. The molecular weight excluding hydrogens is 508 g/mol. The molecule has 2 aliphatic heterocycles. The lowest BCUT2D eigenvalue weighted by molar-refractivity contribution is -0.688. The molecule has 184 valence electrons. The first-order valence-electron chi connectivity index (χ1n) is 11.7. The van der Waals surface area contributed by atoms with E-state index in [1.807, 2.05) is 33.4 Å². The van der Waals surface area contributed by atoms with Crippen molar-refractivity contribution in [1.82, 2.24) is 9.47 Å². The molecular formula is C27H31BrN4O3. The van der Waals surface area contributed by atoms with E-state index < -0.39 is 0 Å². The molecule has 3 aromatic rings. The molecule has 0 bridgehead atoms. The van der Waals surface area contributed by atoms with E-state index in [4.69, 9.17) is 4.74 Å². The van der Waals surface area contributed by atoms with Gasteiger partial charge in [0.25, 0.3) is 11.7 Å². The molecule has 0 N–H and O–H groups in total. The zero-order valence-electron chi connectivity index (χ0n) is 20.6. The Hall–Kier alpha value is -3.13. The summed E-state index contributed by atoms with van der Waals surface area (Å²) < 4.78 is 8.99. The number of aromatic nitrogens is 2. The SMILES string of the molecule is COc1ccc(C(=O)C[n+]2ccn(CC(=O)N3CCC4(C)c5ccccc5N(C)C34)c2C)cc1.[Br-]. The summed E-state index contributed by atoms with van der Waals surface area (Å²) in [7, 11) is 3.69. The minimum atomic E-state index is -0.0581. The van der Waals surface area contributed by atoms with Crippen LogP contribution in [0.5, 0.6) is 5.75 Å². The molecule has 1 aromatic heterocycles. The van der Waals surface area contributed by atoms with Crippen LogP contribution in [-0.4, -0.2) is 48.0 Å². The number of hydrogen-bond acceptors (Lipinski definition) is 4. The number of carbonyl (C=O) groups is 2. The van der Waals surface area contributed by atoms with E-state index in [0.717, 1.165) is 24.5 Å². The molecule has 2 atom stereocenters. The van der Waals surface area contributed by atoms with Crippen LogP contribution in [0, 0.1) is 6.92 Å². The number of ketones is 1. The number of benzene rings is 2. The van der Waals surface area contributed by atoms with Crippen LogP contribution in [0.2, 0.25) is 0 Å². The number of imidazole rings is 1. The van der Waals surface area contributed by atoms with Gasteiger partial charge in [-0.05, 0) is 42.3 Å². The molecule has 5 rings (SSSR count). The molecule has 0 radical (unpaired) electrons. The van der Waals surface area contributed by atoms with E-state index in [9.17, 15) is 9.59 Å². The van der Waals surface area contributed by atoms with Crippen molar-refractivity contribution in [3.8, 4) is 5.75 Å². The number of anilines is 1. The Bertz CT molecular complexity index is 1260. The number of methoxy groups -OCH3 is 1. The highest BCUT2D eigenvalue weighted by Gasteiger charge is 2.54. The molecule has 3 heterocycles. The molecule has 2 aromatic carbocycles. The first-order valence-corrected chi connectivity index (χ1v) is 11.7. The molecule has 1 amide bonds. The van der Waals surface area contributed by atoms with Crippen LogP contribution in [0.25, 0.3) is 0 Å². The Balaban J connectivity index is 0.00000289. The monoisotopic (exact) mass is 538 g/mol. The number of fused-ring (bicyclic) bond motifs is 3. The maximum atomic E-state index is 13.5. The zero-order valence-corrected chi connectivity index (χ0v) is 22.2. The van der Waals surface area contributed by atoms with Crippen molar-refractivity contribution in [3.05, 3.63) is 77.9 Å². The maximum absolute atomic E-state index is 13.5. The van der Waals surface area contributed by atoms with Crippen LogP contribution >= 0.6 is 0 Å². The number of rotatable bonds is 6. The molecule has 0 spiro atoms. The number of ether oxygens (including phenoxy) is 1.